The fraction of sp³-hybridized carbons (Fsp3) is 0.429. The number of hydrogen-bond acceptors (Lipinski definition) is 3. The summed E-state index contributed by atoms with van der Waals surface area (Å²) < 4.78 is 5.64. The van der Waals surface area contributed by atoms with E-state index < -0.39 is 0 Å². The van der Waals surface area contributed by atoms with Gasteiger partial charge < -0.3 is 9.64 Å². The summed E-state index contributed by atoms with van der Waals surface area (Å²) in [5.41, 5.74) is 3.43. The second-order valence-corrected chi connectivity index (χ2v) is 7.10. The van der Waals surface area contributed by atoms with Crippen LogP contribution in [0.3, 0.4) is 0 Å². The maximum atomic E-state index is 13.0. The van der Waals surface area contributed by atoms with Gasteiger partial charge in [-0.1, -0.05) is 19.1 Å². The molecular weight excluding hydrogens is 312 g/mol. The quantitative estimate of drug-likeness (QED) is 0.838. The van der Waals surface area contributed by atoms with Gasteiger partial charge in [-0.05, 0) is 54.2 Å². The number of carbonyl (C=O) groups excluding carboxylic acids is 1. The first-order valence-electron chi connectivity index (χ1n) is 9.15. The van der Waals surface area contributed by atoms with E-state index >= 15 is 0 Å². The largest absolute Gasteiger partial charge is 0.493 e. The second-order valence-electron chi connectivity index (χ2n) is 7.10. The number of benzene rings is 1. The SMILES string of the molecule is CCN(C(=O)[C@@H]1C[C@@H]1C)[C@@H](c1cccnc1)c1ccc2c(c1)CCO2. The number of carbonyl (C=O) groups is 1. The number of nitrogens with zero attached hydrogens (tertiary/aromatic N) is 2. The smallest absolute Gasteiger partial charge is 0.226 e. The number of aromatic nitrogens is 1. The number of ether oxygens (including phenoxy) is 1. The Morgan fingerprint density at radius 2 is 2.20 bits per heavy atom. The predicted molar refractivity (Wildman–Crippen MR) is 96.4 cm³/mol. The lowest BCUT2D eigenvalue weighted by atomic mass is 9.95. The van der Waals surface area contributed by atoms with Gasteiger partial charge in [0.1, 0.15) is 5.75 Å². The fourth-order valence-corrected chi connectivity index (χ4v) is 3.81. The lowest BCUT2D eigenvalue weighted by molar-refractivity contribution is -0.134. The molecule has 1 aliphatic heterocycles. The number of fused-ring (bicyclic) bond motifs is 1. The Labute approximate surface area is 148 Å². The zero-order valence-electron chi connectivity index (χ0n) is 14.8. The molecule has 0 N–H and O–H groups in total. The highest BCUT2D eigenvalue weighted by Gasteiger charge is 2.43. The van der Waals surface area contributed by atoms with E-state index in [-0.39, 0.29) is 17.9 Å². The van der Waals surface area contributed by atoms with Crippen molar-refractivity contribution in [2.45, 2.75) is 32.7 Å². The molecule has 25 heavy (non-hydrogen) atoms. The normalized spacial score (nSPS) is 22.0. The highest BCUT2D eigenvalue weighted by atomic mass is 16.5. The summed E-state index contributed by atoms with van der Waals surface area (Å²) in [6.45, 7) is 5.65. The molecule has 4 rings (SSSR count). The van der Waals surface area contributed by atoms with Crippen LogP contribution in [-0.2, 0) is 11.2 Å². The maximum Gasteiger partial charge on any atom is 0.226 e. The topological polar surface area (TPSA) is 42.4 Å². The van der Waals surface area contributed by atoms with Crippen molar-refractivity contribution in [3.05, 3.63) is 59.4 Å². The Kier molecular flexibility index (Phi) is 4.20. The van der Waals surface area contributed by atoms with Crippen LogP contribution in [0.1, 0.15) is 43.0 Å². The van der Waals surface area contributed by atoms with Gasteiger partial charge in [0, 0.05) is 31.3 Å². The van der Waals surface area contributed by atoms with Crippen LogP contribution >= 0.6 is 0 Å². The molecule has 0 saturated heterocycles. The van der Waals surface area contributed by atoms with Gasteiger partial charge in [-0.15, -0.1) is 0 Å². The van der Waals surface area contributed by atoms with E-state index in [0.29, 0.717) is 12.5 Å². The Bertz CT molecular complexity index is 775. The van der Waals surface area contributed by atoms with E-state index in [1.807, 2.05) is 23.2 Å². The molecule has 1 saturated carbocycles. The highest BCUT2D eigenvalue weighted by molar-refractivity contribution is 5.82. The van der Waals surface area contributed by atoms with Gasteiger partial charge in [-0.25, -0.2) is 0 Å². The minimum Gasteiger partial charge on any atom is -0.493 e. The number of rotatable bonds is 5. The first kappa shape index (κ1) is 16.1. The first-order valence-corrected chi connectivity index (χ1v) is 9.15. The van der Waals surface area contributed by atoms with Crippen molar-refractivity contribution < 1.29 is 9.53 Å². The summed E-state index contributed by atoms with van der Waals surface area (Å²) >= 11 is 0. The molecule has 4 nitrogen and oxygen atoms in total. The van der Waals surface area contributed by atoms with Gasteiger partial charge in [-0.2, -0.15) is 0 Å². The van der Waals surface area contributed by atoms with E-state index in [4.69, 9.17) is 4.74 Å². The zero-order chi connectivity index (χ0) is 17.4. The minimum absolute atomic E-state index is 0.0927. The van der Waals surface area contributed by atoms with Crippen molar-refractivity contribution >= 4 is 5.91 Å². The molecule has 3 atom stereocenters. The Morgan fingerprint density at radius 1 is 1.36 bits per heavy atom. The van der Waals surface area contributed by atoms with Crippen molar-refractivity contribution in [2.75, 3.05) is 13.2 Å². The molecule has 2 aromatic rings. The number of amides is 1. The van der Waals surface area contributed by atoms with Crippen LogP contribution in [0, 0.1) is 11.8 Å². The van der Waals surface area contributed by atoms with Crippen LogP contribution in [0.25, 0.3) is 0 Å². The third-order valence-corrected chi connectivity index (χ3v) is 5.39. The van der Waals surface area contributed by atoms with Gasteiger partial charge in [0.25, 0.3) is 0 Å². The first-order chi connectivity index (χ1) is 12.2. The Morgan fingerprint density at radius 3 is 2.88 bits per heavy atom. The van der Waals surface area contributed by atoms with Gasteiger partial charge in [0.05, 0.1) is 12.6 Å². The maximum absolute atomic E-state index is 13.0. The lowest BCUT2D eigenvalue weighted by Gasteiger charge is -2.32. The average Bonchev–Trinajstić information content (AvgIpc) is 3.19. The molecule has 1 aromatic heterocycles. The molecule has 2 heterocycles. The number of hydrogen-bond donors (Lipinski definition) is 0. The van der Waals surface area contributed by atoms with Crippen molar-refractivity contribution in [2.24, 2.45) is 11.8 Å². The van der Waals surface area contributed by atoms with Crippen molar-refractivity contribution in [3.63, 3.8) is 0 Å². The molecule has 1 aromatic carbocycles. The second kappa shape index (κ2) is 6.51. The summed E-state index contributed by atoms with van der Waals surface area (Å²) in [6, 6.07) is 10.2. The highest BCUT2D eigenvalue weighted by Crippen LogP contribution is 2.42. The molecule has 0 bridgehead atoms. The Balaban J connectivity index is 1.75. The summed E-state index contributed by atoms with van der Waals surface area (Å²) in [7, 11) is 0. The fourth-order valence-electron chi connectivity index (χ4n) is 3.81. The molecule has 0 unspecified atom stereocenters. The van der Waals surface area contributed by atoms with Crippen LogP contribution in [0.15, 0.2) is 42.7 Å². The van der Waals surface area contributed by atoms with Crippen LogP contribution in [0.5, 0.6) is 5.75 Å². The third kappa shape index (κ3) is 3.01. The van der Waals surface area contributed by atoms with E-state index in [2.05, 4.69) is 37.0 Å². The summed E-state index contributed by atoms with van der Waals surface area (Å²) in [4.78, 5) is 19.4. The van der Waals surface area contributed by atoms with Crippen molar-refractivity contribution in [1.29, 1.82) is 0 Å². The number of pyridine rings is 1. The van der Waals surface area contributed by atoms with E-state index in [9.17, 15) is 4.79 Å². The predicted octanol–water partition coefficient (Wildman–Crippen LogP) is 3.61. The summed E-state index contributed by atoms with van der Waals surface area (Å²) in [5, 5.41) is 0. The Hall–Kier alpha value is -2.36. The standard InChI is InChI=1S/C21H24N2O2/c1-3-23(21(24)18-11-14(18)2)20(17-5-4-9-22-13-17)16-6-7-19-15(12-16)8-10-25-19/h4-7,9,12-14,18,20H,3,8,10-11H2,1-2H3/t14-,18+,20+/m0/s1. The van der Waals surface area contributed by atoms with E-state index in [1.165, 1.54) is 5.56 Å². The van der Waals surface area contributed by atoms with Crippen molar-refractivity contribution in [1.82, 2.24) is 9.88 Å². The van der Waals surface area contributed by atoms with Gasteiger partial charge in [0.2, 0.25) is 5.91 Å². The van der Waals surface area contributed by atoms with Crippen LogP contribution < -0.4 is 4.74 Å². The molecule has 1 aliphatic carbocycles. The monoisotopic (exact) mass is 336 g/mol. The van der Waals surface area contributed by atoms with Crippen LogP contribution in [-0.4, -0.2) is 28.9 Å². The van der Waals surface area contributed by atoms with Gasteiger partial charge in [-0.3, -0.25) is 9.78 Å². The van der Waals surface area contributed by atoms with Crippen LogP contribution in [0.2, 0.25) is 0 Å². The molecule has 1 fully saturated rings. The molecule has 2 aliphatic rings. The van der Waals surface area contributed by atoms with E-state index in [0.717, 1.165) is 36.3 Å². The molecule has 1 amide bonds. The molecule has 0 spiro atoms. The summed E-state index contributed by atoms with van der Waals surface area (Å²) in [6.07, 6.45) is 5.59. The van der Waals surface area contributed by atoms with Crippen molar-refractivity contribution in [3.8, 4) is 5.75 Å². The minimum atomic E-state index is -0.0927. The van der Waals surface area contributed by atoms with Gasteiger partial charge >= 0.3 is 0 Å². The van der Waals surface area contributed by atoms with Gasteiger partial charge in [0.15, 0.2) is 0 Å². The molecular formula is C21H24N2O2. The lowest BCUT2D eigenvalue weighted by Crippen LogP contribution is -2.37. The average molecular weight is 336 g/mol. The van der Waals surface area contributed by atoms with E-state index in [1.54, 1.807) is 6.20 Å². The zero-order valence-corrected chi connectivity index (χ0v) is 14.8. The molecule has 130 valence electrons. The molecule has 4 heteroatoms. The van der Waals surface area contributed by atoms with Crippen LogP contribution in [0.4, 0.5) is 0 Å². The third-order valence-electron chi connectivity index (χ3n) is 5.39. The molecule has 0 radical (unpaired) electrons. The summed E-state index contributed by atoms with van der Waals surface area (Å²) in [5.74, 6) is 1.92.